The topological polar surface area (TPSA) is 37.6 Å². The van der Waals surface area contributed by atoms with E-state index in [9.17, 15) is 4.79 Å². The van der Waals surface area contributed by atoms with Gasteiger partial charge in [-0.1, -0.05) is 19.9 Å². The number of piperidine rings is 1. The number of aromatic nitrogens is 2. The Balaban J connectivity index is 1.98. The minimum absolute atomic E-state index is 0.132. The SMILES string of the molecule is CCc1nc2ccccn2c1C(=O)N1CCC(C)CC1. The molecule has 0 spiro atoms. The maximum Gasteiger partial charge on any atom is 0.272 e. The molecule has 0 bridgehead atoms. The van der Waals surface area contributed by atoms with Crippen molar-refractivity contribution in [2.75, 3.05) is 13.1 Å². The standard InChI is InChI=1S/C16H21N3O/c1-3-13-15(19-9-5-4-6-14(19)17-13)16(20)18-10-7-12(2)8-11-18/h4-6,9,12H,3,7-8,10-11H2,1-2H3. The maximum atomic E-state index is 12.8. The first kappa shape index (κ1) is 13.2. The van der Waals surface area contributed by atoms with Gasteiger partial charge in [0.25, 0.3) is 5.91 Å². The average molecular weight is 271 g/mol. The molecule has 0 saturated carbocycles. The number of amides is 1. The van der Waals surface area contributed by atoms with Gasteiger partial charge < -0.3 is 4.90 Å². The third kappa shape index (κ3) is 2.19. The number of imidazole rings is 1. The van der Waals surface area contributed by atoms with Gasteiger partial charge in [-0.15, -0.1) is 0 Å². The summed E-state index contributed by atoms with van der Waals surface area (Å²) in [6.45, 7) is 6.04. The number of nitrogens with zero attached hydrogens (tertiary/aromatic N) is 3. The predicted molar refractivity (Wildman–Crippen MR) is 78.9 cm³/mol. The zero-order valence-electron chi connectivity index (χ0n) is 12.2. The molecule has 3 heterocycles. The summed E-state index contributed by atoms with van der Waals surface area (Å²) in [6, 6.07) is 5.86. The molecule has 0 atom stereocenters. The van der Waals surface area contributed by atoms with E-state index in [4.69, 9.17) is 0 Å². The first-order chi connectivity index (χ1) is 9.70. The van der Waals surface area contributed by atoms with Crippen LogP contribution < -0.4 is 0 Å². The fourth-order valence-corrected chi connectivity index (χ4v) is 2.88. The molecule has 1 aliphatic rings. The summed E-state index contributed by atoms with van der Waals surface area (Å²) < 4.78 is 1.93. The Morgan fingerprint density at radius 3 is 2.80 bits per heavy atom. The van der Waals surface area contributed by atoms with E-state index in [1.54, 1.807) is 0 Å². The van der Waals surface area contributed by atoms with Gasteiger partial charge in [0.15, 0.2) is 0 Å². The van der Waals surface area contributed by atoms with E-state index in [-0.39, 0.29) is 5.91 Å². The van der Waals surface area contributed by atoms with Crippen LogP contribution in [0, 0.1) is 5.92 Å². The second-order valence-electron chi connectivity index (χ2n) is 5.66. The van der Waals surface area contributed by atoms with E-state index in [0.29, 0.717) is 0 Å². The van der Waals surface area contributed by atoms with Gasteiger partial charge in [0.05, 0.1) is 5.69 Å². The van der Waals surface area contributed by atoms with Crippen molar-refractivity contribution in [3.63, 3.8) is 0 Å². The first-order valence-corrected chi connectivity index (χ1v) is 7.46. The highest BCUT2D eigenvalue weighted by molar-refractivity contribution is 5.94. The van der Waals surface area contributed by atoms with Crippen LogP contribution in [0.5, 0.6) is 0 Å². The molecule has 0 aromatic carbocycles. The summed E-state index contributed by atoms with van der Waals surface area (Å²) in [5.74, 6) is 0.860. The lowest BCUT2D eigenvalue weighted by molar-refractivity contribution is 0.0689. The lowest BCUT2D eigenvalue weighted by Gasteiger charge is -2.30. The molecule has 2 aromatic heterocycles. The fourth-order valence-electron chi connectivity index (χ4n) is 2.88. The Labute approximate surface area is 119 Å². The van der Waals surface area contributed by atoms with Crippen LogP contribution in [0.2, 0.25) is 0 Å². The van der Waals surface area contributed by atoms with Gasteiger partial charge in [0.1, 0.15) is 11.3 Å². The van der Waals surface area contributed by atoms with E-state index in [2.05, 4.69) is 18.8 Å². The number of carbonyl (C=O) groups is 1. The summed E-state index contributed by atoms with van der Waals surface area (Å²) in [7, 11) is 0. The van der Waals surface area contributed by atoms with Crippen molar-refractivity contribution in [3.05, 3.63) is 35.8 Å². The Kier molecular flexibility index (Phi) is 3.47. The molecule has 20 heavy (non-hydrogen) atoms. The quantitative estimate of drug-likeness (QED) is 0.842. The number of pyridine rings is 1. The zero-order chi connectivity index (χ0) is 14.1. The second-order valence-corrected chi connectivity index (χ2v) is 5.66. The van der Waals surface area contributed by atoms with Crippen molar-refractivity contribution in [1.29, 1.82) is 0 Å². The van der Waals surface area contributed by atoms with Gasteiger partial charge in [0.2, 0.25) is 0 Å². The normalized spacial score (nSPS) is 16.8. The van der Waals surface area contributed by atoms with Crippen LogP contribution in [0.25, 0.3) is 5.65 Å². The number of aryl methyl sites for hydroxylation is 1. The lowest BCUT2D eigenvalue weighted by atomic mass is 9.99. The molecule has 4 heteroatoms. The van der Waals surface area contributed by atoms with E-state index >= 15 is 0 Å². The average Bonchev–Trinajstić information content (AvgIpc) is 2.85. The van der Waals surface area contributed by atoms with Crippen LogP contribution in [0.3, 0.4) is 0 Å². The number of rotatable bonds is 2. The van der Waals surface area contributed by atoms with Crippen LogP contribution in [-0.4, -0.2) is 33.3 Å². The Morgan fingerprint density at radius 2 is 2.10 bits per heavy atom. The molecular formula is C16H21N3O. The van der Waals surface area contributed by atoms with Crippen molar-refractivity contribution >= 4 is 11.6 Å². The predicted octanol–water partition coefficient (Wildman–Crippen LogP) is 2.77. The summed E-state index contributed by atoms with van der Waals surface area (Å²) in [5, 5.41) is 0. The molecule has 1 saturated heterocycles. The minimum atomic E-state index is 0.132. The highest BCUT2D eigenvalue weighted by atomic mass is 16.2. The van der Waals surface area contributed by atoms with Crippen LogP contribution in [0.1, 0.15) is 42.9 Å². The fraction of sp³-hybridized carbons (Fsp3) is 0.500. The smallest absolute Gasteiger partial charge is 0.272 e. The molecule has 0 N–H and O–H groups in total. The Bertz CT molecular complexity index is 624. The van der Waals surface area contributed by atoms with Crippen LogP contribution in [0.4, 0.5) is 0 Å². The van der Waals surface area contributed by atoms with Crippen molar-refractivity contribution in [3.8, 4) is 0 Å². The maximum absolute atomic E-state index is 12.8. The number of carbonyl (C=O) groups excluding carboxylic acids is 1. The van der Waals surface area contributed by atoms with E-state index in [0.717, 1.165) is 55.3 Å². The minimum Gasteiger partial charge on any atom is -0.337 e. The molecule has 1 aliphatic heterocycles. The number of likely N-dealkylation sites (tertiary alicyclic amines) is 1. The van der Waals surface area contributed by atoms with Gasteiger partial charge in [-0.25, -0.2) is 4.98 Å². The molecule has 0 unspecified atom stereocenters. The van der Waals surface area contributed by atoms with Gasteiger partial charge >= 0.3 is 0 Å². The first-order valence-electron chi connectivity index (χ1n) is 7.46. The van der Waals surface area contributed by atoms with E-state index in [1.807, 2.05) is 33.7 Å². The van der Waals surface area contributed by atoms with E-state index in [1.165, 1.54) is 0 Å². The second kappa shape index (κ2) is 5.27. The number of hydrogen-bond acceptors (Lipinski definition) is 2. The van der Waals surface area contributed by atoms with Gasteiger partial charge in [0, 0.05) is 19.3 Å². The molecule has 106 valence electrons. The van der Waals surface area contributed by atoms with Gasteiger partial charge in [-0.05, 0) is 37.3 Å². The van der Waals surface area contributed by atoms with Crippen LogP contribution in [-0.2, 0) is 6.42 Å². The number of hydrogen-bond donors (Lipinski definition) is 0. The molecule has 1 amide bonds. The molecule has 2 aromatic rings. The molecular weight excluding hydrogens is 250 g/mol. The van der Waals surface area contributed by atoms with Gasteiger partial charge in [-0.2, -0.15) is 0 Å². The summed E-state index contributed by atoms with van der Waals surface area (Å²) >= 11 is 0. The highest BCUT2D eigenvalue weighted by Gasteiger charge is 2.26. The largest absolute Gasteiger partial charge is 0.337 e. The Morgan fingerprint density at radius 1 is 1.35 bits per heavy atom. The molecule has 4 nitrogen and oxygen atoms in total. The molecule has 1 fully saturated rings. The summed E-state index contributed by atoms with van der Waals surface area (Å²) in [4.78, 5) is 19.4. The van der Waals surface area contributed by atoms with Crippen molar-refractivity contribution in [1.82, 2.24) is 14.3 Å². The molecule has 3 rings (SSSR count). The monoisotopic (exact) mass is 271 g/mol. The van der Waals surface area contributed by atoms with Gasteiger partial charge in [-0.3, -0.25) is 9.20 Å². The third-order valence-electron chi connectivity index (χ3n) is 4.21. The number of fused-ring (bicyclic) bond motifs is 1. The van der Waals surface area contributed by atoms with Crippen molar-refractivity contribution in [2.24, 2.45) is 5.92 Å². The van der Waals surface area contributed by atoms with Crippen molar-refractivity contribution in [2.45, 2.75) is 33.1 Å². The van der Waals surface area contributed by atoms with Crippen molar-refractivity contribution < 1.29 is 4.79 Å². The summed E-state index contributed by atoms with van der Waals surface area (Å²) in [5.41, 5.74) is 2.51. The lowest BCUT2D eigenvalue weighted by Crippen LogP contribution is -2.38. The molecule has 0 aliphatic carbocycles. The summed E-state index contributed by atoms with van der Waals surface area (Å²) in [6.07, 6.45) is 4.92. The van der Waals surface area contributed by atoms with Crippen LogP contribution >= 0.6 is 0 Å². The highest BCUT2D eigenvalue weighted by Crippen LogP contribution is 2.21. The van der Waals surface area contributed by atoms with E-state index < -0.39 is 0 Å². The molecule has 0 radical (unpaired) electrons. The third-order valence-corrected chi connectivity index (χ3v) is 4.21. The Hall–Kier alpha value is -1.84. The zero-order valence-corrected chi connectivity index (χ0v) is 12.2. The van der Waals surface area contributed by atoms with Crippen LogP contribution in [0.15, 0.2) is 24.4 Å².